The van der Waals surface area contributed by atoms with E-state index in [1.165, 1.54) is 11.3 Å². The predicted molar refractivity (Wildman–Crippen MR) is 119 cm³/mol. The van der Waals surface area contributed by atoms with E-state index in [4.69, 9.17) is 10.5 Å². The Labute approximate surface area is 180 Å². The fourth-order valence-corrected chi connectivity index (χ4v) is 5.27. The molecule has 0 unspecified atom stereocenters. The van der Waals surface area contributed by atoms with Crippen LogP contribution in [0.4, 0.5) is 5.69 Å². The molecular weight excluding hydrogens is 396 g/mol. The van der Waals surface area contributed by atoms with E-state index < -0.39 is 11.9 Å². The average Bonchev–Trinajstić information content (AvgIpc) is 3.21. The number of carbonyl (C=O) groups is 2. The molecule has 0 saturated carbocycles. The summed E-state index contributed by atoms with van der Waals surface area (Å²) in [4.78, 5) is 29.4. The van der Waals surface area contributed by atoms with E-state index in [1.807, 2.05) is 52.7 Å². The molecule has 0 saturated heterocycles. The van der Waals surface area contributed by atoms with Crippen molar-refractivity contribution in [1.29, 1.82) is 0 Å². The number of anilines is 1. The van der Waals surface area contributed by atoms with Gasteiger partial charge in [0, 0.05) is 28.3 Å². The standard InChI is InChI=1S/C24H26N2O3S/c1-4-29-23(28)21-20(18-11-8-12-30-18)19-16(13-24(2,3)14-17(19)27)26(22(21)25)15-9-6-5-7-10-15/h5-12,20H,4,13-14,25H2,1-3H3/t20-/m0/s1. The van der Waals surface area contributed by atoms with Crippen LogP contribution in [0, 0.1) is 5.41 Å². The molecule has 1 aliphatic heterocycles. The van der Waals surface area contributed by atoms with E-state index >= 15 is 0 Å². The second-order valence-corrected chi connectivity index (χ2v) is 9.42. The summed E-state index contributed by atoms with van der Waals surface area (Å²) in [5, 5.41) is 1.95. The molecule has 4 rings (SSSR count). The zero-order valence-electron chi connectivity index (χ0n) is 17.5. The molecule has 0 amide bonds. The van der Waals surface area contributed by atoms with Gasteiger partial charge in [-0.3, -0.25) is 9.69 Å². The van der Waals surface area contributed by atoms with E-state index in [0.717, 1.165) is 16.3 Å². The zero-order valence-corrected chi connectivity index (χ0v) is 18.3. The van der Waals surface area contributed by atoms with Gasteiger partial charge in [-0.1, -0.05) is 38.1 Å². The van der Waals surface area contributed by atoms with Crippen LogP contribution in [0.15, 0.2) is 70.5 Å². The number of rotatable bonds is 4. The number of hydrogen-bond donors (Lipinski definition) is 1. The Kier molecular flexibility index (Phi) is 5.28. The van der Waals surface area contributed by atoms with Crippen molar-refractivity contribution in [2.24, 2.45) is 11.1 Å². The highest BCUT2D eigenvalue weighted by Crippen LogP contribution is 2.51. The van der Waals surface area contributed by atoms with Gasteiger partial charge in [-0.15, -0.1) is 11.3 Å². The first-order valence-corrected chi connectivity index (χ1v) is 11.0. The number of ether oxygens (including phenoxy) is 1. The summed E-state index contributed by atoms with van der Waals surface area (Å²) in [6.45, 7) is 6.20. The van der Waals surface area contributed by atoms with Crippen LogP contribution in [0.1, 0.15) is 44.4 Å². The Bertz CT molecular complexity index is 1040. The highest BCUT2D eigenvalue weighted by Gasteiger charge is 2.46. The lowest BCUT2D eigenvalue weighted by Crippen LogP contribution is -2.43. The summed E-state index contributed by atoms with van der Waals surface area (Å²) >= 11 is 1.52. The molecule has 1 aromatic carbocycles. The molecule has 0 spiro atoms. The van der Waals surface area contributed by atoms with Crippen LogP contribution in [-0.4, -0.2) is 18.4 Å². The molecule has 1 aliphatic carbocycles. The molecule has 156 valence electrons. The van der Waals surface area contributed by atoms with Crippen molar-refractivity contribution in [3.05, 3.63) is 75.4 Å². The summed E-state index contributed by atoms with van der Waals surface area (Å²) in [6, 6.07) is 13.6. The number of esters is 1. The fourth-order valence-electron chi connectivity index (χ4n) is 4.43. The Morgan fingerprint density at radius 3 is 2.57 bits per heavy atom. The van der Waals surface area contributed by atoms with Gasteiger partial charge in [-0.05, 0) is 42.3 Å². The highest BCUT2D eigenvalue weighted by atomic mass is 32.1. The van der Waals surface area contributed by atoms with Crippen LogP contribution < -0.4 is 10.6 Å². The molecule has 1 atom stereocenters. The van der Waals surface area contributed by atoms with Gasteiger partial charge < -0.3 is 10.5 Å². The number of allylic oxidation sites excluding steroid dienone is 2. The topological polar surface area (TPSA) is 72.6 Å². The second kappa shape index (κ2) is 7.76. The maximum absolute atomic E-state index is 13.5. The fraction of sp³-hybridized carbons (Fsp3) is 0.333. The molecule has 0 bridgehead atoms. The quantitative estimate of drug-likeness (QED) is 0.721. The molecular formula is C24H26N2O3S. The smallest absolute Gasteiger partial charge is 0.338 e. The number of Topliss-reactive ketones (excluding diaryl/α,β-unsaturated/α-hetero) is 1. The lowest BCUT2D eigenvalue weighted by atomic mass is 9.69. The normalized spacial score (nSPS) is 21.0. The maximum Gasteiger partial charge on any atom is 0.338 e. The van der Waals surface area contributed by atoms with Crippen LogP contribution in [0.2, 0.25) is 0 Å². The van der Waals surface area contributed by atoms with Crippen molar-refractivity contribution in [1.82, 2.24) is 0 Å². The van der Waals surface area contributed by atoms with Gasteiger partial charge in [0.2, 0.25) is 0 Å². The summed E-state index contributed by atoms with van der Waals surface area (Å²) in [5.74, 6) is -0.571. The third-order valence-electron chi connectivity index (χ3n) is 5.60. The lowest BCUT2D eigenvalue weighted by molar-refractivity contribution is -0.138. The minimum Gasteiger partial charge on any atom is -0.463 e. The summed E-state index contributed by atoms with van der Waals surface area (Å²) in [7, 11) is 0. The molecule has 2 heterocycles. The van der Waals surface area contributed by atoms with Gasteiger partial charge in [0.05, 0.1) is 18.1 Å². The summed E-state index contributed by atoms with van der Waals surface area (Å²) in [6.07, 6.45) is 1.13. The van der Waals surface area contributed by atoms with E-state index in [-0.39, 0.29) is 17.8 Å². The third kappa shape index (κ3) is 3.45. The van der Waals surface area contributed by atoms with Gasteiger partial charge in [0.15, 0.2) is 5.78 Å². The van der Waals surface area contributed by atoms with Gasteiger partial charge in [0.1, 0.15) is 5.82 Å². The number of ketones is 1. The Morgan fingerprint density at radius 2 is 1.93 bits per heavy atom. The molecule has 0 fully saturated rings. The van der Waals surface area contributed by atoms with Gasteiger partial charge in [-0.2, -0.15) is 0 Å². The number of nitrogens with zero attached hydrogens (tertiary/aromatic N) is 1. The maximum atomic E-state index is 13.5. The van der Waals surface area contributed by atoms with E-state index in [1.54, 1.807) is 6.92 Å². The highest BCUT2D eigenvalue weighted by molar-refractivity contribution is 7.10. The largest absolute Gasteiger partial charge is 0.463 e. The number of carbonyl (C=O) groups excluding carboxylic acids is 2. The number of nitrogens with two attached hydrogens (primary N) is 1. The monoisotopic (exact) mass is 422 g/mol. The molecule has 0 radical (unpaired) electrons. The molecule has 1 aromatic heterocycles. The van der Waals surface area contributed by atoms with Crippen molar-refractivity contribution in [3.63, 3.8) is 0 Å². The Balaban J connectivity index is 2.00. The zero-order chi connectivity index (χ0) is 21.5. The van der Waals surface area contributed by atoms with Crippen molar-refractivity contribution in [2.45, 2.75) is 39.5 Å². The van der Waals surface area contributed by atoms with Crippen LogP contribution in [0.5, 0.6) is 0 Å². The number of hydrogen-bond acceptors (Lipinski definition) is 6. The first-order valence-electron chi connectivity index (χ1n) is 10.2. The van der Waals surface area contributed by atoms with Crippen molar-refractivity contribution in [3.8, 4) is 0 Å². The summed E-state index contributed by atoms with van der Waals surface area (Å²) in [5.41, 5.74) is 9.22. The van der Waals surface area contributed by atoms with Crippen molar-refractivity contribution in [2.75, 3.05) is 11.5 Å². The third-order valence-corrected chi connectivity index (χ3v) is 6.54. The molecule has 5 nitrogen and oxygen atoms in total. The molecule has 2 aromatic rings. The number of para-hydroxylation sites is 1. The first kappa shape index (κ1) is 20.4. The molecule has 6 heteroatoms. The van der Waals surface area contributed by atoms with Crippen molar-refractivity contribution >= 4 is 28.8 Å². The molecule has 2 N–H and O–H groups in total. The Morgan fingerprint density at radius 1 is 1.20 bits per heavy atom. The molecule has 2 aliphatic rings. The minimum absolute atomic E-state index is 0.0647. The van der Waals surface area contributed by atoms with E-state index in [2.05, 4.69) is 13.8 Å². The average molecular weight is 423 g/mol. The van der Waals surface area contributed by atoms with Crippen LogP contribution in [0.3, 0.4) is 0 Å². The van der Waals surface area contributed by atoms with Gasteiger partial charge in [0.25, 0.3) is 0 Å². The number of thiophene rings is 1. The molecule has 30 heavy (non-hydrogen) atoms. The lowest BCUT2D eigenvalue weighted by Gasteiger charge is -2.44. The van der Waals surface area contributed by atoms with E-state index in [0.29, 0.717) is 29.8 Å². The minimum atomic E-state index is -0.498. The first-order chi connectivity index (χ1) is 14.3. The van der Waals surface area contributed by atoms with Crippen molar-refractivity contribution < 1.29 is 14.3 Å². The SMILES string of the molecule is CCOC(=O)C1=C(N)N(c2ccccc2)C2=C(C(=O)CC(C)(C)C2)[C@@H]1c1cccs1. The van der Waals surface area contributed by atoms with Crippen LogP contribution in [0.25, 0.3) is 0 Å². The van der Waals surface area contributed by atoms with Gasteiger partial charge >= 0.3 is 5.97 Å². The van der Waals surface area contributed by atoms with Crippen LogP contribution >= 0.6 is 11.3 Å². The predicted octanol–water partition coefficient (Wildman–Crippen LogP) is 4.73. The van der Waals surface area contributed by atoms with Gasteiger partial charge in [-0.25, -0.2) is 4.79 Å². The second-order valence-electron chi connectivity index (χ2n) is 8.44. The van der Waals surface area contributed by atoms with E-state index in [9.17, 15) is 9.59 Å². The Hall–Kier alpha value is -2.86. The summed E-state index contributed by atoms with van der Waals surface area (Å²) < 4.78 is 5.39. The van der Waals surface area contributed by atoms with Crippen LogP contribution in [-0.2, 0) is 14.3 Å². The number of benzene rings is 1.